The topological polar surface area (TPSA) is 65.5 Å². The average Bonchev–Trinajstić information content (AvgIpc) is 3.74. The highest BCUT2D eigenvalue weighted by molar-refractivity contribution is 7.12. The second-order valence-corrected chi connectivity index (χ2v) is 12.8. The molecule has 7 nitrogen and oxygen atoms in total. The summed E-state index contributed by atoms with van der Waals surface area (Å²) in [5.41, 5.74) is 0.836. The van der Waals surface area contributed by atoms with Gasteiger partial charge in [-0.3, -0.25) is 14.7 Å². The molecule has 4 aromatic rings. The van der Waals surface area contributed by atoms with E-state index in [-0.39, 0.29) is 42.8 Å². The van der Waals surface area contributed by atoms with Crippen LogP contribution in [-0.4, -0.2) is 65.3 Å². The molecule has 0 saturated carbocycles. The Balaban J connectivity index is 1.44. The second kappa shape index (κ2) is 13.6. The molecule has 1 fully saturated rings. The zero-order valence-electron chi connectivity index (χ0n) is 25.1. The SMILES string of the molecule is CCOc1cc(C(F)(F)F)ccc1C1=NC(c2ccc(Cl)cc2)C(c2ccc(Cl)cc2)N1C(=O)N1CCN(C(=O)c2cccs2)CC1. The van der Waals surface area contributed by atoms with Gasteiger partial charge in [-0.15, -0.1) is 11.3 Å². The van der Waals surface area contributed by atoms with Gasteiger partial charge < -0.3 is 14.5 Å². The normalized spacial score (nSPS) is 18.3. The Labute approximate surface area is 283 Å². The summed E-state index contributed by atoms with van der Waals surface area (Å²) in [6.07, 6.45) is -4.60. The monoisotopic (exact) mass is 700 g/mol. The van der Waals surface area contributed by atoms with E-state index in [0.29, 0.717) is 28.0 Å². The minimum Gasteiger partial charge on any atom is -0.493 e. The number of carbonyl (C=O) groups excluding carboxylic acids is 2. The Kier molecular flexibility index (Phi) is 9.50. The third-order valence-electron chi connectivity index (χ3n) is 8.11. The molecule has 3 amide bonds. The number of halogens is 5. The molecule has 2 atom stereocenters. The number of piperazine rings is 1. The van der Waals surface area contributed by atoms with Crippen molar-refractivity contribution < 1.29 is 27.5 Å². The van der Waals surface area contributed by atoms with E-state index in [1.54, 1.807) is 47.1 Å². The van der Waals surface area contributed by atoms with Crippen molar-refractivity contribution in [3.05, 3.63) is 121 Å². The van der Waals surface area contributed by atoms with Crippen LogP contribution in [0.25, 0.3) is 0 Å². The summed E-state index contributed by atoms with van der Waals surface area (Å²) in [5.74, 6) is 0.0319. The molecular formula is C34H29Cl2F3N4O3S. The van der Waals surface area contributed by atoms with Gasteiger partial charge in [0, 0.05) is 36.2 Å². The molecule has 244 valence electrons. The quantitative estimate of drug-likeness (QED) is 0.202. The maximum atomic E-state index is 14.7. The van der Waals surface area contributed by atoms with Gasteiger partial charge in [-0.05, 0) is 72.0 Å². The van der Waals surface area contributed by atoms with Gasteiger partial charge in [-0.1, -0.05) is 53.5 Å². The van der Waals surface area contributed by atoms with Crippen molar-refractivity contribution in [2.24, 2.45) is 4.99 Å². The molecule has 1 aromatic heterocycles. The van der Waals surface area contributed by atoms with Crippen LogP contribution in [0.2, 0.25) is 10.0 Å². The first kappa shape index (κ1) is 32.9. The van der Waals surface area contributed by atoms with Crippen molar-refractivity contribution in [1.82, 2.24) is 14.7 Å². The van der Waals surface area contributed by atoms with E-state index >= 15 is 0 Å². The van der Waals surface area contributed by atoms with Gasteiger partial charge in [0.25, 0.3) is 5.91 Å². The number of alkyl halides is 3. The van der Waals surface area contributed by atoms with Crippen LogP contribution >= 0.6 is 34.5 Å². The van der Waals surface area contributed by atoms with Crippen molar-refractivity contribution in [3.8, 4) is 5.75 Å². The molecule has 0 spiro atoms. The fourth-order valence-corrected chi connectivity index (χ4v) is 6.76. The summed E-state index contributed by atoms with van der Waals surface area (Å²) in [7, 11) is 0. The Bertz CT molecular complexity index is 1780. The number of amides is 3. The van der Waals surface area contributed by atoms with E-state index in [1.807, 2.05) is 35.7 Å². The minimum atomic E-state index is -4.60. The van der Waals surface area contributed by atoms with Gasteiger partial charge in [-0.2, -0.15) is 13.2 Å². The molecule has 3 aromatic carbocycles. The van der Waals surface area contributed by atoms with E-state index in [4.69, 9.17) is 32.9 Å². The van der Waals surface area contributed by atoms with Gasteiger partial charge in [-0.25, -0.2) is 4.79 Å². The Morgan fingerprint density at radius 3 is 2.09 bits per heavy atom. The van der Waals surface area contributed by atoms with Crippen molar-refractivity contribution in [3.63, 3.8) is 0 Å². The number of carbonyl (C=O) groups is 2. The summed E-state index contributed by atoms with van der Waals surface area (Å²) in [4.78, 5) is 38.2. The van der Waals surface area contributed by atoms with Crippen molar-refractivity contribution in [2.45, 2.75) is 25.2 Å². The first-order valence-electron chi connectivity index (χ1n) is 14.9. The fourth-order valence-electron chi connectivity index (χ4n) is 5.82. The van der Waals surface area contributed by atoms with Crippen LogP contribution in [0.4, 0.5) is 18.0 Å². The first-order valence-corrected chi connectivity index (χ1v) is 16.5. The van der Waals surface area contributed by atoms with E-state index in [9.17, 15) is 22.8 Å². The molecule has 2 aliphatic heterocycles. The molecule has 6 rings (SSSR count). The highest BCUT2D eigenvalue weighted by Gasteiger charge is 2.45. The number of urea groups is 1. The number of aliphatic imine (C=N–C) groups is 1. The van der Waals surface area contributed by atoms with Gasteiger partial charge >= 0.3 is 12.2 Å². The molecule has 0 N–H and O–H groups in total. The van der Waals surface area contributed by atoms with Crippen LogP contribution in [0, 0.1) is 0 Å². The lowest BCUT2D eigenvalue weighted by Gasteiger charge is -2.39. The first-order chi connectivity index (χ1) is 22.5. The molecular weight excluding hydrogens is 672 g/mol. The fraction of sp³-hybridized carbons (Fsp3) is 0.265. The zero-order chi connectivity index (χ0) is 33.3. The highest BCUT2D eigenvalue weighted by Crippen LogP contribution is 2.46. The molecule has 47 heavy (non-hydrogen) atoms. The maximum absolute atomic E-state index is 14.7. The van der Waals surface area contributed by atoms with Gasteiger partial charge in [0.15, 0.2) is 0 Å². The van der Waals surface area contributed by atoms with Crippen LogP contribution in [0.1, 0.15) is 50.9 Å². The largest absolute Gasteiger partial charge is 0.493 e. The Hall–Kier alpha value is -4.06. The van der Waals surface area contributed by atoms with E-state index in [0.717, 1.165) is 23.3 Å². The number of amidine groups is 1. The summed E-state index contributed by atoms with van der Waals surface area (Å²) < 4.78 is 47.0. The molecule has 2 unspecified atom stereocenters. The van der Waals surface area contributed by atoms with Crippen LogP contribution in [-0.2, 0) is 6.18 Å². The van der Waals surface area contributed by atoms with E-state index < -0.39 is 29.9 Å². The molecule has 13 heteroatoms. The molecule has 3 heterocycles. The number of hydrogen-bond acceptors (Lipinski definition) is 5. The summed E-state index contributed by atoms with van der Waals surface area (Å²) in [5, 5.41) is 2.86. The van der Waals surface area contributed by atoms with Crippen LogP contribution in [0.3, 0.4) is 0 Å². The maximum Gasteiger partial charge on any atom is 0.416 e. The Morgan fingerprint density at radius 1 is 0.894 bits per heavy atom. The Morgan fingerprint density at radius 2 is 1.51 bits per heavy atom. The van der Waals surface area contributed by atoms with Crippen molar-refractivity contribution in [1.29, 1.82) is 0 Å². The van der Waals surface area contributed by atoms with Gasteiger partial charge in [0.05, 0.1) is 28.7 Å². The second-order valence-electron chi connectivity index (χ2n) is 11.0. The van der Waals surface area contributed by atoms with Gasteiger partial charge in [0.2, 0.25) is 0 Å². The molecule has 0 radical (unpaired) electrons. The van der Waals surface area contributed by atoms with Crippen LogP contribution in [0.5, 0.6) is 5.75 Å². The standard InChI is InChI=1S/C34H29Cl2F3N4O3S/c1-2-46-27-20-23(34(37,38)39)9-14-26(27)31-40-29(21-5-10-24(35)11-6-21)30(22-7-12-25(36)13-8-22)43(31)33(45)42-17-15-41(16-18-42)32(44)28-4-3-19-47-28/h3-14,19-20,29-30H,2,15-18H2,1H3. The molecule has 0 aliphatic carbocycles. The average molecular weight is 702 g/mol. The van der Waals surface area contributed by atoms with Crippen molar-refractivity contribution >= 4 is 52.3 Å². The predicted octanol–water partition coefficient (Wildman–Crippen LogP) is 8.60. The third kappa shape index (κ3) is 6.83. The molecule has 2 aliphatic rings. The smallest absolute Gasteiger partial charge is 0.416 e. The lowest BCUT2D eigenvalue weighted by atomic mass is 9.93. The number of thiophene rings is 1. The van der Waals surface area contributed by atoms with Crippen LogP contribution in [0.15, 0.2) is 89.2 Å². The summed E-state index contributed by atoms with van der Waals surface area (Å²) >= 11 is 13.8. The van der Waals surface area contributed by atoms with E-state index in [2.05, 4.69) is 0 Å². The van der Waals surface area contributed by atoms with E-state index in [1.165, 1.54) is 22.3 Å². The predicted molar refractivity (Wildman–Crippen MR) is 177 cm³/mol. The van der Waals surface area contributed by atoms with Crippen LogP contribution < -0.4 is 4.74 Å². The number of ether oxygens (including phenoxy) is 1. The molecule has 1 saturated heterocycles. The van der Waals surface area contributed by atoms with Crippen molar-refractivity contribution in [2.75, 3.05) is 32.8 Å². The number of hydrogen-bond donors (Lipinski definition) is 0. The van der Waals surface area contributed by atoms with Gasteiger partial charge in [0.1, 0.15) is 17.6 Å². The zero-order valence-corrected chi connectivity index (χ0v) is 27.4. The number of rotatable bonds is 6. The lowest BCUT2D eigenvalue weighted by molar-refractivity contribution is -0.137. The minimum absolute atomic E-state index is 0.0446. The summed E-state index contributed by atoms with van der Waals surface area (Å²) in [6.45, 7) is 2.91. The highest BCUT2D eigenvalue weighted by atomic mass is 35.5. The molecule has 0 bridgehead atoms. The summed E-state index contributed by atoms with van der Waals surface area (Å²) in [6, 6.07) is 19.2. The number of nitrogens with zero attached hydrogens (tertiary/aromatic N) is 4. The number of benzene rings is 3. The lowest BCUT2D eigenvalue weighted by Crippen LogP contribution is -2.55. The third-order valence-corrected chi connectivity index (χ3v) is 9.48.